The zero-order valence-corrected chi connectivity index (χ0v) is 20.1. The number of anilines is 1. The van der Waals surface area contributed by atoms with Crippen LogP contribution in [0.25, 0.3) is 0 Å². The minimum atomic E-state index is -0.528. The van der Waals surface area contributed by atoms with Crippen LogP contribution in [0.1, 0.15) is 23.7 Å². The molecule has 0 aliphatic carbocycles. The van der Waals surface area contributed by atoms with E-state index >= 15 is 0 Å². The molecule has 1 unspecified atom stereocenters. The Morgan fingerprint density at radius 3 is 2.33 bits per heavy atom. The first-order valence-corrected chi connectivity index (χ1v) is 11.0. The smallest absolute Gasteiger partial charge is 0.326 e. The number of nitrogens with one attached hydrogen (secondary N) is 1. The first-order chi connectivity index (χ1) is 15.7. The van der Waals surface area contributed by atoms with Crippen molar-refractivity contribution in [3.63, 3.8) is 0 Å². The summed E-state index contributed by atoms with van der Waals surface area (Å²) >= 11 is 6.30. The van der Waals surface area contributed by atoms with Crippen LogP contribution >= 0.6 is 11.6 Å². The summed E-state index contributed by atoms with van der Waals surface area (Å²) in [6.45, 7) is 4.02. The van der Waals surface area contributed by atoms with E-state index in [1.807, 2.05) is 74.8 Å². The maximum Gasteiger partial charge on any atom is 0.326 e. The Morgan fingerprint density at radius 2 is 1.73 bits per heavy atom. The predicted molar refractivity (Wildman–Crippen MR) is 130 cm³/mol. The number of likely N-dealkylation sites (N-methyl/N-ethyl adjacent to an activating group) is 1. The van der Waals surface area contributed by atoms with Crippen molar-refractivity contribution in [2.24, 2.45) is 0 Å². The molecule has 1 N–H and O–H groups in total. The fourth-order valence-corrected chi connectivity index (χ4v) is 3.59. The summed E-state index contributed by atoms with van der Waals surface area (Å²) in [7, 11) is 3.95. The Kier molecular flexibility index (Phi) is 7.89. The summed E-state index contributed by atoms with van der Waals surface area (Å²) in [6.07, 6.45) is 0. The van der Waals surface area contributed by atoms with Crippen molar-refractivity contribution in [1.29, 1.82) is 0 Å². The van der Waals surface area contributed by atoms with Gasteiger partial charge in [-0.25, -0.2) is 4.98 Å². The Labute approximate surface area is 199 Å². The maximum absolute atomic E-state index is 13.1. The average molecular weight is 469 g/mol. The van der Waals surface area contributed by atoms with Crippen LogP contribution < -0.4 is 10.9 Å². The van der Waals surface area contributed by atoms with Crippen LogP contribution in [-0.4, -0.2) is 41.1 Å². The zero-order chi connectivity index (χ0) is 24.0. The van der Waals surface area contributed by atoms with Crippen LogP contribution in [-0.2, 0) is 28.2 Å². The van der Waals surface area contributed by atoms with Crippen LogP contribution in [0.4, 0.5) is 5.82 Å². The van der Waals surface area contributed by atoms with Gasteiger partial charge in [0.15, 0.2) is 11.0 Å². The number of nitrogens with zero attached hydrogens (tertiary/aromatic N) is 3. The second kappa shape index (κ2) is 10.6. The van der Waals surface area contributed by atoms with Gasteiger partial charge in [-0.05, 0) is 39.1 Å². The molecule has 1 aromatic heterocycles. The number of carbonyl (C=O) groups is 1. The monoisotopic (exact) mass is 468 g/mol. The van der Waals surface area contributed by atoms with Crippen molar-refractivity contribution in [3.8, 4) is 0 Å². The second-order valence-corrected chi connectivity index (χ2v) is 8.62. The standard InChI is InChI=1S/C25H29ClN4O3/c1-18-22(26)28-23(27-17-25(2,29(3)4)20-13-9-6-10-14-20)24(32)30(18)15-21(31)33-16-19-11-7-5-8-12-19/h5-14H,15-17H2,1-4H3,(H,27,28). The molecule has 0 bridgehead atoms. The summed E-state index contributed by atoms with van der Waals surface area (Å²) in [5, 5.41) is 3.30. The predicted octanol–water partition coefficient (Wildman–Crippen LogP) is 3.84. The Hall–Kier alpha value is -3.16. The number of hydrogen-bond donors (Lipinski definition) is 1. The van der Waals surface area contributed by atoms with Crippen LogP contribution in [0.2, 0.25) is 5.15 Å². The molecule has 33 heavy (non-hydrogen) atoms. The van der Waals surface area contributed by atoms with E-state index in [1.54, 1.807) is 6.92 Å². The van der Waals surface area contributed by atoms with E-state index in [9.17, 15) is 9.59 Å². The lowest BCUT2D eigenvalue weighted by molar-refractivity contribution is -0.145. The highest BCUT2D eigenvalue weighted by Gasteiger charge is 2.29. The number of esters is 1. The van der Waals surface area contributed by atoms with Crippen LogP contribution in [0, 0.1) is 6.92 Å². The Morgan fingerprint density at radius 1 is 1.12 bits per heavy atom. The highest BCUT2D eigenvalue weighted by atomic mass is 35.5. The lowest BCUT2D eigenvalue weighted by Crippen LogP contribution is -2.45. The third-order valence-corrected chi connectivity index (χ3v) is 6.23. The third-order valence-electron chi connectivity index (χ3n) is 5.87. The molecule has 0 saturated heterocycles. The molecule has 1 atom stereocenters. The number of ether oxygens (including phenoxy) is 1. The minimum Gasteiger partial charge on any atom is -0.459 e. The molecule has 0 spiro atoms. The first-order valence-electron chi connectivity index (χ1n) is 10.7. The number of aromatic nitrogens is 2. The maximum atomic E-state index is 13.1. The van der Waals surface area contributed by atoms with Crippen molar-refractivity contribution in [2.75, 3.05) is 26.0 Å². The van der Waals surface area contributed by atoms with Gasteiger partial charge in [-0.1, -0.05) is 72.3 Å². The molecule has 3 rings (SSSR count). The summed E-state index contributed by atoms with van der Waals surface area (Å²) < 4.78 is 6.63. The Bertz CT molecular complexity index is 1150. The minimum absolute atomic E-state index is 0.0884. The highest BCUT2D eigenvalue weighted by molar-refractivity contribution is 6.30. The number of carbonyl (C=O) groups excluding carboxylic acids is 1. The van der Waals surface area contributed by atoms with E-state index in [2.05, 4.69) is 22.1 Å². The van der Waals surface area contributed by atoms with Gasteiger partial charge >= 0.3 is 5.97 Å². The molecular formula is C25H29ClN4O3. The van der Waals surface area contributed by atoms with Gasteiger partial charge < -0.3 is 10.1 Å². The van der Waals surface area contributed by atoms with Gasteiger partial charge in [0.05, 0.1) is 11.2 Å². The van der Waals surface area contributed by atoms with Crippen molar-refractivity contribution in [1.82, 2.24) is 14.5 Å². The fourth-order valence-electron chi connectivity index (χ4n) is 3.41. The van der Waals surface area contributed by atoms with E-state index in [-0.39, 0.29) is 24.1 Å². The van der Waals surface area contributed by atoms with Crippen LogP contribution in [0.5, 0.6) is 0 Å². The van der Waals surface area contributed by atoms with Gasteiger partial charge in [-0.3, -0.25) is 19.1 Å². The van der Waals surface area contributed by atoms with Gasteiger partial charge in [-0.15, -0.1) is 0 Å². The zero-order valence-electron chi connectivity index (χ0n) is 19.3. The molecule has 0 radical (unpaired) electrons. The molecule has 0 aliphatic rings. The van der Waals surface area contributed by atoms with Crippen molar-refractivity contribution in [2.45, 2.75) is 32.5 Å². The lowest BCUT2D eigenvalue weighted by atomic mass is 9.90. The molecule has 0 saturated carbocycles. The van der Waals surface area contributed by atoms with E-state index < -0.39 is 17.1 Å². The third kappa shape index (κ3) is 5.80. The molecule has 174 valence electrons. The molecule has 7 nitrogen and oxygen atoms in total. The van der Waals surface area contributed by atoms with E-state index in [4.69, 9.17) is 16.3 Å². The molecular weight excluding hydrogens is 440 g/mol. The van der Waals surface area contributed by atoms with Crippen molar-refractivity contribution < 1.29 is 9.53 Å². The van der Waals surface area contributed by atoms with Crippen molar-refractivity contribution >= 4 is 23.4 Å². The van der Waals surface area contributed by atoms with E-state index in [1.165, 1.54) is 4.57 Å². The van der Waals surface area contributed by atoms with Gasteiger partial charge in [-0.2, -0.15) is 0 Å². The molecule has 0 fully saturated rings. The molecule has 1 heterocycles. The highest BCUT2D eigenvalue weighted by Crippen LogP contribution is 2.26. The van der Waals surface area contributed by atoms with Gasteiger partial charge in [0.25, 0.3) is 5.56 Å². The fraction of sp³-hybridized carbons (Fsp3) is 0.320. The average Bonchev–Trinajstić information content (AvgIpc) is 2.82. The largest absolute Gasteiger partial charge is 0.459 e. The quantitative estimate of drug-likeness (QED) is 0.481. The lowest BCUT2D eigenvalue weighted by Gasteiger charge is -2.37. The number of rotatable bonds is 9. The number of halogens is 1. The van der Waals surface area contributed by atoms with Gasteiger partial charge in [0, 0.05) is 6.54 Å². The van der Waals surface area contributed by atoms with E-state index in [0.29, 0.717) is 12.2 Å². The molecule has 8 heteroatoms. The topological polar surface area (TPSA) is 76.5 Å². The molecule has 3 aromatic rings. The van der Waals surface area contributed by atoms with E-state index in [0.717, 1.165) is 11.1 Å². The van der Waals surface area contributed by atoms with Gasteiger partial charge in [0.1, 0.15) is 13.2 Å². The van der Waals surface area contributed by atoms with Gasteiger partial charge in [0.2, 0.25) is 0 Å². The first kappa shape index (κ1) is 24.5. The normalized spacial score (nSPS) is 12.9. The number of benzene rings is 2. The molecule has 2 aromatic carbocycles. The molecule has 0 amide bonds. The molecule has 0 aliphatic heterocycles. The second-order valence-electron chi connectivity index (χ2n) is 8.26. The summed E-state index contributed by atoms with van der Waals surface area (Å²) in [6, 6.07) is 19.4. The Balaban J connectivity index is 1.78. The number of hydrogen-bond acceptors (Lipinski definition) is 6. The van der Waals surface area contributed by atoms with Crippen molar-refractivity contribution in [3.05, 3.63) is 93.0 Å². The summed E-state index contributed by atoms with van der Waals surface area (Å²) in [5.74, 6) is -0.440. The van der Waals surface area contributed by atoms with Crippen LogP contribution in [0.15, 0.2) is 65.5 Å². The van der Waals surface area contributed by atoms with Crippen LogP contribution in [0.3, 0.4) is 0 Å². The summed E-state index contributed by atoms with van der Waals surface area (Å²) in [5.41, 5.74) is 1.52. The SMILES string of the molecule is Cc1c(Cl)nc(NCC(C)(c2ccccc2)N(C)C)c(=O)n1CC(=O)OCc1ccccc1. The summed E-state index contributed by atoms with van der Waals surface area (Å²) in [4.78, 5) is 31.9.